The lowest BCUT2D eigenvalue weighted by molar-refractivity contribution is -0.297. The Morgan fingerprint density at radius 2 is 1.94 bits per heavy atom. The van der Waals surface area contributed by atoms with Crippen LogP contribution in [0, 0.1) is 5.92 Å². The van der Waals surface area contributed by atoms with Crippen molar-refractivity contribution >= 4 is 0 Å². The summed E-state index contributed by atoms with van der Waals surface area (Å²) in [4.78, 5) is 5.48. The number of hydrogen-bond acceptors (Lipinski definition) is 7. The Balaban J connectivity index is 1.83. The van der Waals surface area contributed by atoms with Crippen LogP contribution in [0.15, 0.2) is 0 Å². The topological polar surface area (TPSA) is 103 Å². The highest BCUT2D eigenvalue weighted by atomic mass is 16.8. The van der Waals surface area contributed by atoms with Gasteiger partial charge in [-0.3, -0.25) is 4.84 Å². The van der Waals surface area contributed by atoms with E-state index in [1.165, 1.54) is 0 Å². The predicted octanol–water partition coefficient (Wildman–Crippen LogP) is -2.58. The molecule has 3 aliphatic heterocycles. The Bertz CT molecular complexity index is 301. The molecule has 3 fully saturated rings. The van der Waals surface area contributed by atoms with Crippen molar-refractivity contribution in [3.05, 3.63) is 0 Å². The fourth-order valence-electron chi connectivity index (χ4n) is 3.04. The largest absolute Gasteiger partial charge is 0.394 e. The number of aliphatic hydroxyl groups is 4. The molecule has 3 rings (SSSR count). The summed E-state index contributed by atoms with van der Waals surface area (Å²) in [7, 11) is 0. The second kappa shape index (κ2) is 4.13. The summed E-state index contributed by atoms with van der Waals surface area (Å²) in [6.07, 6.45) is -3.76. The molecule has 0 aromatic carbocycles. The lowest BCUT2D eigenvalue weighted by atomic mass is 9.84. The molecule has 3 saturated heterocycles. The first-order valence-electron chi connectivity index (χ1n) is 5.87. The summed E-state index contributed by atoms with van der Waals surface area (Å²) >= 11 is 0. The summed E-state index contributed by atoms with van der Waals surface area (Å²) in [5.74, 6) is -0.481. The van der Waals surface area contributed by atoms with Crippen molar-refractivity contribution in [2.24, 2.45) is 5.92 Å². The number of rotatable bonds is 1. The highest BCUT2D eigenvalue weighted by Gasteiger charge is 2.58. The van der Waals surface area contributed by atoms with Crippen LogP contribution in [-0.2, 0) is 9.57 Å². The number of hydrogen-bond donors (Lipinski definition) is 4. The molecule has 3 aliphatic rings. The summed E-state index contributed by atoms with van der Waals surface area (Å²) in [6, 6.07) is -0.343. The molecular formula is C10H17NO6. The van der Waals surface area contributed by atoms with Crippen LogP contribution in [0.25, 0.3) is 0 Å². The van der Waals surface area contributed by atoms with E-state index in [1.807, 2.05) is 0 Å². The van der Waals surface area contributed by atoms with E-state index in [0.29, 0.717) is 13.0 Å². The Morgan fingerprint density at radius 3 is 2.65 bits per heavy atom. The molecule has 4 N–H and O–H groups in total. The van der Waals surface area contributed by atoms with Crippen LogP contribution in [0.4, 0.5) is 0 Å². The van der Waals surface area contributed by atoms with Crippen molar-refractivity contribution in [2.75, 3.05) is 13.2 Å². The molecule has 17 heavy (non-hydrogen) atoms. The monoisotopic (exact) mass is 247 g/mol. The minimum absolute atomic E-state index is 0.343. The normalized spacial score (nSPS) is 54.7. The van der Waals surface area contributed by atoms with Crippen LogP contribution in [0.2, 0.25) is 0 Å². The number of fused-ring (bicyclic) bond motifs is 3. The Labute approximate surface area is 98.1 Å². The molecule has 7 nitrogen and oxygen atoms in total. The van der Waals surface area contributed by atoms with E-state index in [2.05, 4.69) is 0 Å². The van der Waals surface area contributed by atoms with Crippen molar-refractivity contribution in [1.82, 2.24) is 5.06 Å². The smallest absolute Gasteiger partial charge is 0.185 e. The highest BCUT2D eigenvalue weighted by Crippen LogP contribution is 2.42. The van der Waals surface area contributed by atoms with Gasteiger partial charge in [0.05, 0.1) is 30.8 Å². The summed E-state index contributed by atoms with van der Waals surface area (Å²) in [6.45, 7) is 0.201. The Hall–Kier alpha value is -0.280. The number of nitrogens with zero attached hydrogens (tertiary/aromatic N) is 1. The second-order valence-corrected chi connectivity index (χ2v) is 4.88. The van der Waals surface area contributed by atoms with Crippen LogP contribution >= 0.6 is 0 Å². The molecule has 0 radical (unpaired) electrons. The fourth-order valence-corrected chi connectivity index (χ4v) is 3.04. The molecule has 7 heteroatoms. The quantitative estimate of drug-likeness (QED) is 0.403. The molecule has 0 amide bonds. The minimum atomic E-state index is -1.16. The van der Waals surface area contributed by atoms with E-state index in [9.17, 15) is 15.3 Å². The molecule has 0 aromatic rings. The van der Waals surface area contributed by atoms with Crippen LogP contribution in [0.1, 0.15) is 6.42 Å². The first-order valence-corrected chi connectivity index (χ1v) is 5.87. The number of aliphatic hydroxyl groups excluding tert-OH is 4. The maximum absolute atomic E-state index is 10.1. The van der Waals surface area contributed by atoms with Crippen molar-refractivity contribution in [3.63, 3.8) is 0 Å². The van der Waals surface area contributed by atoms with Gasteiger partial charge in [-0.1, -0.05) is 0 Å². The fraction of sp³-hybridized carbons (Fsp3) is 1.00. The van der Waals surface area contributed by atoms with E-state index in [4.69, 9.17) is 14.7 Å². The third-order valence-electron chi connectivity index (χ3n) is 3.93. The molecule has 0 spiro atoms. The third-order valence-corrected chi connectivity index (χ3v) is 3.93. The van der Waals surface area contributed by atoms with Crippen LogP contribution in [-0.4, -0.2) is 75.4 Å². The number of hydroxylamine groups is 2. The molecule has 98 valence electrons. The van der Waals surface area contributed by atoms with E-state index in [-0.39, 0.29) is 12.6 Å². The Kier molecular flexibility index (Phi) is 2.86. The molecule has 3 heterocycles. The van der Waals surface area contributed by atoms with E-state index in [0.717, 1.165) is 0 Å². The van der Waals surface area contributed by atoms with Gasteiger partial charge in [-0.25, -0.2) is 0 Å². The molecular weight excluding hydrogens is 230 g/mol. The lowest BCUT2D eigenvalue weighted by Gasteiger charge is -2.39. The zero-order valence-corrected chi connectivity index (χ0v) is 9.22. The SMILES string of the molecule is OC[C@H]1O[C@@H]2ON3CC[C@H](O)[C@H]3[C@@H]2[C@@H](O)[C@H]1O. The van der Waals surface area contributed by atoms with Gasteiger partial charge in [-0.05, 0) is 6.42 Å². The summed E-state index contributed by atoms with van der Waals surface area (Å²) in [5, 5.41) is 40.3. The van der Waals surface area contributed by atoms with Crippen molar-refractivity contribution < 1.29 is 30.0 Å². The van der Waals surface area contributed by atoms with Crippen molar-refractivity contribution in [3.8, 4) is 0 Å². The zero-order chi connectivity index (χ0) is 12.2. The highest BCUT2D eigenvalue weighted by molar-refractivity contribution is 5.02. The van der Waals surface area contributed by atoms with Crippen LogP contribution < -0.4 is 0 Å². The van der Waals surface area contributed by atoms with Gasteiger partial charge in [0, 0.05) is 6.54 Å². The Morgan fingerprint density at radius 1 is 1.18 bits per heavy atom. The van der Waals surface area contributed by atoms with E-state index in [1.54, 1.807) is 5.06 Å². The lowest BCUT2D eigenvalue weighted by Crippen LogP contribution is -2.57. The zero-order valence-electron chi connectivity index (χ0n) is 9.22. The minimum Gasteiger partial charge on any atom is -0.394 e. The molecule has 0 unspecified atom stereocenters. The second-order valence-electron chi connectivity index (χ2n) is 4.88. The molecule has 0 bridgehead atoms. The van der Waals surface area contributed by atoms with Gasteiger partial charge in [0.25, 0.3) is 0 Å². The van der Waals surface area contributed by atoms with Crippen molar-refractivity contribution in [1.29, 1.82) is 0 Å². The van der Waals surface area contributed by atoms with Crippen LogP contribution in [0.5, 0.6) is 0 Å². The van der Waals surface area contributed by atoms with Gasteiger partial charge in [0.2, 0.25) is 0 Å². The molecule has 7 atom stereocenters. The average molecular weight is 247 g/mol. The van der Waals surface area contributed by atoms with Gasteiger partial charge >= 0.3 is 0 Å². The van der Waals surface area contributed by atoms with Crippen molar-refractivity contribution in [2.45, 2.75) is 43.2 Å². The maximum atomic E-state index is 10.1. The summed E-state index contributed by atoms with van der Waals surface area (Å²) in [5.41, 5.74) is 0. The first-order chi connectivity index (χ1) is 8.13. The summed E-state index contributed by atoms with van der Waals surface area (Å²) < 4.78 is 5.39. The van der Waals surface area contributed by atoms with E-state index >= 15 is 0 Å². The van der Waals surface area contributed by atoms with Gasteiger partial charge in [0.1, 0.15) is 12.2 Å². The van der Waals surface area contributed by atoms with Gasteiger partial charge in [-0.2, -0.15) is 5.06 Å². The van der Waals surface area contributed by atoms with Crippen LogP contribution in [0.3, 0.4) is 0 Å². The maximum Gasteiger partial charge on any atom is 0.185 e. The molecule has 0 aliphatic carbocycles. The average Bonchev–Trinajstić information content (AvgIpc) is 2.84. The van der Waals surface area contributed by atoms with Gasteiger partial charge in [-0.15, -0.1) is 0 Å². The third kappa shape index (κ3) is 1.62. The molecule has 0 saturated carbocycles. The van der Waals surface area contributed by atoms with E-state index < -0.39 is 36.6 Å². The van der Waals surface area contributed by atoms with Gasteiger partial charge < -0.3 is 25.2 Å². The van der Waals surface area contributed by atoms with Gasteiger partial charge in [0.15, 0.2) is 6.29 Å². The number of ether oxygens (including phenoxy) is 1. The standard InChI is InChI=1S/C10H17NO6/c12-3-5-8(14)9(15)6-7-4(13)1-2-11(7)17-10(6)16-5/h4-10,12-15H,1-3H2/t4-,5+,6+,7-,8-,9+,10+/m0/s1. The first kappa shape index (κ1) is 11.8. The molecule has 0 aromatic heterocycles. The predicted molar refractivity (Wildman–Crippen MR) is 53.5 cm³/mol.